The largest absolute Gasteiger partial charge is 0.467 e. The molecule has 0 bridgehead atoms. The maximum absolute atomic E-state index is 13.4. The normalized spacial score (nSPS) is 15.1. The van der Waals surface area contributed by atoms with Gasteiger partial charge in [0.1, 0.15) is 11.6 Å². The van der Waals surface area contributed by atoms with E-state index in [2.05, 4.69) is 0 Å². The van der Waals surface area contributed by atoms with Gasteiger partial charge in [-0.05, 0) is 49.9 Å². The van der Waals surface area contributed by atoms with Crippen LogP contribution in [0.15, 0.2) is 51.9 Å². The third-order valence-electron chi connectivity index (χ3n) is 6.04. The first-order chi connectivity index (χ1) is 14.6. The Kier molecular flexibility index (Phi) is 6.02. The molecular weight excluding hydrogens is 378 g/mol. The molecule has 1 atom stereocenters. The lowest BCUT2D eigenvalue weighted by Crippen LogP contribution is -2.43. The van der Waals surface area contributed by atoms with Crippen molar-refractivity contribution in [3.63, 3.8) is 0 Å². The Balaban J connectivity index is 1.83. The molecule has 1 unspecified atom stereocenters. The summed E-state index contributed by atoms with van der Waals surface area (Å²) < 4.78 is 7.33. The first-order valence-electron chi connectivity index (χ1n) is 11.0. The van der Waals surface area contributed by atoms with Crippen LogP contribution in [0.1, 0.15) is 63.6 Å². The molecule has 4 rings (SSSR count). The molecule has 1 aromatic carbocycles. The van der Waals surface area contributed by atoms with Gasteiger partial charge in [-0.15, -0.1) is 0 Å². The molecule has 1 amide bonds. The first kappa shape index (κ1) is 20.4. The van der Waals surface area contributed by atoms with Gasteiger partial charge >= 0.3 is 0 Å². The van der Waals surface area contributed by atoms with Crippen LogP contribution < -0.4 is 5.56 Å². The lowest BCUT2D eigenvalue weighted by Gasteiger charge is -2.36. The van der Waals surface area contributed by atoms with E-state index in [9.17, 15) is 9.59 Å². The van der Waals surface area contributed by atoms with Crippen molar-refractivity contribution in [2.75, 3.05) is 0 Å². The summed E-state index contributed by atoms with van der Waals surface area (Å²) in [6.07, 6.45) is 6.07. The molecule has 0 radical (unpaired) electrons. The van der Waals surface area contributed by atoms with Crippen LogP contribution in [0.5, 0.6) is 0 Å². The molecule has 3 aromatic rings. The number of hydrogen-bond acceptors (Lipinski definition) is 4. The van der Waals surface area contributed by atoms with Gasteiger partial charge < -0.3 is 9.32 Å². The van der Waals surface area contributed by atoms with Crippen LogP contribution in [-0.2, 0) is 17.9 Å². The number of fused-ring (bicyclic) bond motifs is 1. The highest BCUT2D eigenvalue weighted by Gasteiger charge is 2.35. The van der Waals surface area contributed by atoms with Crippen molar-refractivity contribution < 1.29 is 9.21 Å². The van der Waals surface area contributed by atoms with E-state index >= 15 is 0 Å². The van der Waals surface area contributed by atoms with Crippen LogP contribution in [0.25, 0.3) is 10.9 Å². The van der Waals surface area contributed by atoms with Gasteiger partial charge in [-0.1, -0.05) is 32.4 Å². The highest BCUT2D eigenvalue weighted by molar-refractivity contribution is 5.80. The minimum Gasteiger partial charge on any atom is -0.467 e. The average molecular weight is 408 g/mol. The zero-order valence-electron chi connectivity index (χ0n) is 17.7. The Morgan fingerprint density at radius 2 is 2.03 bits per heavy atom. The number of benzene rings is 1. The smallest absolute Gasteiger partial charge is 0.261 e. The quantitative estimate of drug-likeness (QED) is 0.544. The molecule has 0 aliphatic heterocycles. The Bertz CT molecular complexity index is 1070. The second-order valence-corrected chi connectivity index (χ2v) is 8.04. The summed E-state index contributed by atoms with van der Waals surface area (Å²) >= 11 is 0. The van der Waals surface area contributed by atoms with Crippen molar-refractivity contribution in [3.05, 3.63) is 64.6 Å². The van der Waals surface area contributed by atoms with Gasteiger partial charge in [-0.2, -0.15) is 0 Å². The van der Waals surface area contributed by atoms with E-state index in [0.29, 0.717) is 36.2 Å². The molecule has 1 aliphatic carbocycles. The molecule has 0 saturated heterocycles. The van der Waals surface area contributed by atoms with Crippen LogP contribution in [0.4, 0.5) is 0 Å². The monoisotopic (exact) mass is 407 g/mol. The topological polar surface area (TPSA) is 68.3 Å². The molecule has 2 heterocycles. The van der Waals surface area contributed by atoms with Gasteiger partial charge in [0.2, 0.25) is 5.91 Å². The fourth-order valence-electron chi connectivity index (χ4n) is 4.22. The number of carbonyl (C=O) groups excluding carboxylic acids is 1. The molecule has 1 aliphatic rings. The van der Waals surface area contributed by atoms with E-state index in [1.165, 1.54) is 0 Å². The Morgan fingerprint density at radius 3 is 2.67 bits per heavy atom. The van der Waals surface area contributed by atoms with Gasteiger partial charge in [0.15, 0.2) is 0 Å². The predicted molar refractivity (Wildman–Crippen MR) is 116 cm³/mol. The molecule has 30 heavy (non-hydrogen) atoms. The third-order valence-corrected chi connectivity index (χ3v) is 6.04. The summed E-state index contributed by atoms with van der Waals surface area (Å²) in [5.41, 5.74) is 0.641. The zero-order valence-corrected chi connectivity index (χ0v) is 17.7. The van der Waals surface area contributed by atoms with Crippen LogP contribution in [0.3, 0.4) is 0 Å². The van der Waals surface area contributed by atoms with E-state index in [-0.39, 0.29) is 23.4 Å². The Labute approximate surface area is 176 Å². The number of nitrogens with zero attached hydrogens (tertiary/aromatic N) is 3. The fourth-order valence-corrected chi connectivity index (χ4v) is 4.22. The summed E-state index contributed by atoms with van der Waals surface area (Å²) in [7, 11) is 0. The fraction of sp³-hybridized carbons (Fsp3) is 0.458. The third kappa shape index (κ3) is 3.78. The molecule has 158 valence electrons. The number of carbonyl (C=O) groups is 1. The molecule has 1 fully saturated rings. The van der Waals surface area contributed by atoms with E-state index in [0.717, 1.165) is 31.4 Å². The van der Waals surface area contributed by atoms with E-state index < -0.39 is 0 Å². The predicted octanol–water partition coefficient (Wildman–Crippen LogP) is 4.68. The van der Waals surface area contributed by atoms with Crippen molar-refractivity contribution in [1.82, 2.24) is 14.5 Å². The van der Waals surface area contributed by atoms with Crippen molar-refractivity contribution in [1.29, 1.82) is 0 Å². The number of hydrogen-bond donors (Lipinski definition) is 0. The second kappa shape index (κ2) is 8.86. The molecule has 6 heteroatoms. The summed E-state index contributed by atoms with van der Waals surface area (Å²) in [5, 5.41) is 0.618. The number of para-hydroxylation sites is 1. The standard InChI is InChI=1S/C24H29N3O3/c1-3-14-26-22(25-20-13-6-5-12-19(20)24(26)29)21(4-2)27(16-18-11-8-15-30-18)23(28)17-9-7-10-17/h5-6,8,11-13,15,17,21H,3-4,7,9-10,14,16H2,1-2H3. The summed E-state index contributed by atoms with van der Waals surface area (Å²) in [6.45, 7) is 5.06. The summed E-state index contributed by atoms with van der Waals surface area (Å²) in [4.78, 5) is 33.5. The van der Waals surface area contributed by atoms with Gasteiger partial charge in [-0.3, -0.25) is 14.2 Å². The molecule has 2 aromatic heterocycles. The maximum atomic E-state index is 13.4. The van der Waals surface area contributed by atoms with Gasteiger partial charge in [0.25, 0.3) is 5.56 Å². The maximum Gasteiger partial charge on any atom is 0.261 e. The average Bonchev–Trinajstić information content (AvgIpc) is 3.22. The van der Waals surface area contributed by atoms with Crippen LogP contribution in [0, 0.1) is 5.92 Å². The highest BCUT2D eigenvalue weighted by atomic mass is 16.3. The number of furan rings is 1. The van der Waals surface area contributed by atoms with Crippen molar-refractivity contribution in [3.8, 4) is 0 Å². The van der Waals surface area contributed by atoms with E-state index in [4.69, 9.17) is 9.40 Å². The van der Waals surface area contributed by atoms with Crippen molar-refractivity contribution >= 4 is 16.8 Å². The van der Waals surface area contributed by atoms with E-state index in [1.54, 1.807) is 10.8 Å². The summed E-state index contributed by atoms with van der Waals surface area (Å²) in [5.74, 6) is 1.60. The van der Waals surface area contributed by atoms with E-state index in [1.807, 2.05) is 55.1 Å². The number of amides is 1. The lowest BCUT2D eigenvalue weighted by molar-refractivity contribution is -0.142. The number of rotatable bonds is 8. The molecule has 0 spiro atoms. The van der Waals surface area contributed by atoms with Crippen LogP contribution in [0.2, 0.25) is 0 Å². The van der Waals surface area contributed by atoms with Crippen LogP contribution in [-0.4, -0.2) is 20.4 Å². The minimum absolute atomic E-state index is 0.0371. The van der Waals surface area contributed by atoms with Crippen LogP contribution >= 0.6 is 0 Å². The Morgan fingerprint density at radius 1 is 1.23 bits per heavy atom. The van der Waals surface area contributed by atoms with Gasteiger partial charge in [-0.25, -0.2) is 4.98 Å². The minimum atomic E-state index is -0.285. The lowest BCUT2D eigenvalue weighted by atomic mass is 9.84. The summed E-state index contributed by atoms with van der Waals surface area (Å²) in [6, 6.07) is 10.9. The zero-order chi connectivity index (χ0) is 21.1. The Hall–Kier alpha value is -2.89. The second-order valence-electron chi connectivity index (χ2n) is 8.04. The SMILES string of the molecule is CCCn1c(C(CC)N(Cc2ccco2)C(=O)C2CCC2)nc2ccccc2c1=O. The molecule has 6 nitrogen and oxygen atoms in total. The highest BCUT2D eigenvalue weighted by Crippen LogP contribution is 2.34. The number of aromatic nitrogens is 2. The van der Waals surface area contributed by atoms with Crippen molar-refractivity contribution in [2.45, 2.75) is 65.1 Å². The first-order valence-corrected chi connectivity index (χ1v) is 11.0. The van der Waals surface area contributed by atoms with Gasteiger partial charge in [0, 0.05) is 12.5 Å². The van der Waals surface area contributed by atoms with Gasteiger partial charge in [0.05, 0.1) is 29.8 Å². The molecule has 1 saturated carbocycles. The molecular formula is C24H29N3O3. The molecule has 0 N–H and O–H groups in total. The van der Waals surface area contributed by atoms with Crippen molar-refractivity contribution in [2.24, 2.45) is 5.92 Å².